The molecule has 0 saturated heterocycles. The fraction of sp³-hybridized carbons (Fsp3) is 0. The van der Waals surface area contributed by atoms with Crippen molar-refractivity contribution in [3.8, 4) is 6.07 Å². The molecule has 1 N–H and O–H groups in total. The third kappa shape index (κ3) is 1.16. The van der Waals surface area contributed by atoms with Crippen molar-refractivity contribution in [2.45, 2.75) is 0 Å². The third-order valence-electron chi connectivity index (χ3n) is 2.47. The Hall–Kier alpha value is -2.12. The van der Waals surface area contributed by atoms with E-state index in [0.29, 0.717) is 16.4 Å². The first-order chi connectivity index (χ1) is 7.79. The monoisotopic (exact) mass is 228 g/mol. The number of nitriles is 1. The van der Waals surface area contributed by atoms with Gasteiger partial charge in [-0.2, -0.15) is 5.26 Å². The minimum absolute atomic E-state index is 0.418. The highest BCUT2D eigenvalue weighted by Gasteiger charge is 2.09. The van der Waals surface area contributed by atoms with Crippen LogP contribution in [0.1, 0.15) is 5.56 Å². The Morgan fingerprint density at radius 3 is 3.00 bits per heavy atom. The largest absolute Gasteiger partial charge is 0.339 e. The summed E-state index contributed by atoms with van der Waals surface area (Å²) in [7, 11) is 0. The third-order valence-corrected chi connectivity index (χ3v) is 2.76. The Morgan fingerprint density at radius 2 is 2.19 bits per heavy atom. The maximum Gasteiger partial charge on any atom is 0.143 e. The van der Waals surface area contributed by atoms with Crippen molar-refractivity contribution < 1.29 is 0 Å². The van der Waals surface area contributed by atoms with Gasteiger partial charge < -0.3 is 4.98 Å². The van der Waals surface area contributed by atoms with Gasteiger partial charge in [0.15, 0.2) is 0 Å². The molecule has 0 aliphatic rings. The maximum atomic E-state index is 8.81. The summed E-state index contributed by atoms with van der Waals surface area (Å²) in [6.07, 6.45) is 1.41. The standard InChI is InChI=1S/C11H5ClN4/c12-10-9-7-2-1-6(4-13)3-8(7)16-11(9)15-5-14-10/h1-3,5H,(H,14,15,16). The molecule has 0 aliphatic heterocycles. The van der Waals surface area contributed by atoms with E-state index in [-0.39, 0.29) is 0 Å². The molecule has 0 saturated carbocycles. The lowest BCUT2D eigenvalue weighted by Gasteiger charge is -1.92. The quantitative estimate of drug-likeness (QED) is 0.602. The zero-order chi connectivity index (χ0) is 11.1. The molecule has 0 aliphatic carbocycles. The molecule has 5 heteroatoms. The van der Waals surface area contributed by atoms with Crippen molar-refractivity contribution >= 4 is 33.5 Å². The molecule has 0 fully saturated rings. The predicted octanol–water partition coefficient (Wildman–Crippen LogP) is 2.64. The van der Waals surface area contributed by atoms with Crippen LogP contribution >= 0.6 is 11.6 Å². The highest BCUT2D eigenvalue weighted by Crippen LogP contribution is 2.28. The Kier molecular flexibility index (Phi) is 1.82. The summed E-state index contributed by atoms with van der Waals surface area (Å²) in [5.41, 5.74) is 2.13. The molecular weight excluding hydrogens is 224 g/mol. The van der Waals surface area contributed by atoms with Gasteiger partial charge in [0.1, 0.15) is 17.1 Å². The molecule has 1 aromatic carbocycles. The average molecular weight is 229 g/mol. The number of aromatic amines is 1. The summed E-state index contributed by atoms with van der Waals surface area (Å²) in [6, 6.07) is 7.46. The van der Waals surface area contributed by atoms with Gasteiger partial charge in [-0.1, -0.05) is 17.7 Å². The molecule has 2 aromatic heterocycles. The molecule has 76 valence electrons. The van der Waals surface area contributed by atoms with Crippen LogP contribution in [0.2, 0.25) is 5.15 Å². The molecule has 0 unspecified atom stereocenters. The zero-order valence-corrected chi connectivity index (χ0v) is 8.78. The van der Waals surface area contributed by atoms with Crippen LogP contribution in [0.3, 0.4) is 0 Å². The first-order valence-electron chi connectivity index (χ1n) is 4.61. The van der Waals surface area contributed by atoms with Crippen LogP contribution in [0.4, 0.5) is 0 Å². The normalized spacial score (nSPS) is 10.8. The van der Waals surface area contributed by atoms with Gasteiger partial charge in [-0.05, 0) is 12.1 Å². The van der Waals surface area contributed by atoms with Gasteiger partial charge in [-0.25, -0.2) is 9.97 Å². The molecule has 16 heavy (non-hydrogen) atoms. The second-order valence-electron chi connectivity index (χ2n) is 3.39. The van der Waals surface area contributed by atoms with Crippen LogP contribution in [0.15, 0.2) is 24.5 Å². The highest BCUT2D eigenvalue weighted by atomic mass is 35.5. The van der Waals surface area contributed by atoms with E-state index < -0.39 is 0 Å². The van der Waals surface area contributed by atoms with Crippen LogP contribution in [0.5, 0.6) is 0 Å². The molecule has 0 spiro atoms. The van der Waals surface area contributed by atoms with Crippen molar-refractivity contribution in [2.75, 3.05) is 0 Å². The fourth-order valence-electron chi connectivity index (χ4n) is 1.76. The number of rotatable bonds is 0. The number of hydrogen-bond acceptors (Lipinski definition) is 3. The zero-order valence-electron chi connectivity index (χ0n) is 8.03. The molecule has 0 atom stereocenters. The number of fused-ring (bicyclic) bond motifs is 3. The minimum atomic E-state index is 0.418. The van der Waals surface area contributed by atoms with Crippen LogP contribution < -0.4 is 0 Å². The molecule has 4 nitrogen and oxygen atoms in total. The predicted molar refractivity (Wildman–Crippen MR) is 61.1 cm³/mol. The lowest BCUT2D eigenvalue weighted by Crippen LogP contribution is -1.79. The van der Waals surface area contributed by atoms with Crippen molar-refractivity contribution in [1.29, 1.82) is 5.26 Å². The van der Waals surface area contributed by atoms with Crippen molar-refractivity contribution in [1.82, 2.24) is 15.0 Å². The Labute approximate surface area is 95.5 Å². The molecule has 0 amide bonds. The van der Waals surface area contributed by atoms with Crippen LogP contribution in [-0.4, -0.2) is 15.0 Å². The second-order valence-corrected chi connectivity index (χ2v) is 3.74. The summed E-state index contributed by atoms with van der Waals surface area (Å²) in [5, 5.41) is 11.0. The highest BCUT2D eigenvalue weighted by molar-refractivity contribution is 6.36. The first kappa shape index (κ1) is 9.13. The van der Waals surface area contributed by atoms with E-state index in [0.717, 1.165) is 16.3 Å². The van der Waals surface area contributed by atoms with Gasteiger partial charge >= 0.3 is 0 Å². The van der Waals surface area contributed by atoms with Crippen molar-refractivity contribution in [3.63, 3.8) is 0 Å². The van der Waals surface area contributed by atoms with E-state index in [1.807, 2.05) is 6.07 Å². The van der Waals surface area contributed by atoms with E-state index in [9.17, 15) is 0 Å². The molecule has 0 radical (unpaired) electrons. The summed E-state index contributed by atoms with van der Waals surface area (Å²) in [5.74, 6) is 0. The van der Waals surface area contributed by atoms with Gasteiger partial charge in [0.2, 0.25) is 0 Å². The van der Waals surface area contributed by atoms with E-state index >= 15 is 0 Å². The average Bonchev–Trinajstić information content (AvgIpc) is 2.67. The molecule has 0 bridgehead atoms. The SMILES string of the molecule is N#Cc1ccc2c(c1)[nH]c1ncnc(Cl)c12. The number of hydrogen-bond donors (Lipinski definition) is 1. The summed E-state index contributed by atoms with van der Waals surface area (Å²) in [4.78, 5) is 11.1. The Morgan fingerprint density at radius 1 is 1.31 bits per heavy atom. The van der Waals surface area contributed by atoms with Gasteiger partial charge in [0.05, 0.1) is 17.0 Å². The fourth-order valence-corrected chi connectivity index (χ4v) is 2.00. The topological polar surface area (TPSA) is 65.4 Å². The number of benzene rings is 1. The second kappa shape index (κ2) is 3.19. The maximum absolute atomic E-state index is 8.81. The smallest absolute Gasteiger partial charge is 0.143 e. The molecule has 2 heterocycles. The van der Waals surface area contributed by atoms with E-state index in [4.69, 9.17) is 16.9 Å². The lowest BCUT2D eigenvalue weighted by molar-refractivity contribution is 1.21. The van der Waals surface area contributed by atoms with Gasteiger partial charge in [0.25, 0.3) is 0 Å². The van der Waals surface area contributed by atoms with Crippen LogP contribution in [0.25, 0.3) is 21.9 Å². The van der Waals surface area contributed by atoms with E-state index in [1.54, 1.807) is 12.1 Å². The van der Waals surface area contributed by atoms with Gasteiger partial charge in [0, 0.05) is 10.9 Å². The van der Waals surface area contributed by atoms with Crippen LogP contribution in [0, 0.1) is 11.3 Å². The molecule has 3 rings (SSSR count). The van der Waals surface area contributed by atoms with E-state index in [1.165, 1.54) is 6.33 Å². The molecule has 3 aromatic rings. The van der Waals surface area contributed by atoms with E-state index in [2.05, 4.69) is 21.0 Å². The minimum Gasteiger partial charge on any atom is -0.339 e. The van der Waals surface area contributed by atoms with Crippen molar-refractivity contribution in [2.24, 2.45) is 0 Å². The first-order valence-corrected chi connectivity index (χ1v) is 4.99. The number of nitrogens with zero attached hydrogens (tertiary/aromatic N) is 3. The lowest BCUT2D eigenvalue weighted by atomic mass is 10.1. The summed E-state index contributed by atoms with van der Waals surface area (Å²) in [6.45, 7) is 0. The number of aromatic nitrogens is 3. The number of nitrogens with one attached hydrogen (secondary N) is 1. The van der Waals surface area contributed by atoms with Crippen molar-refractivity contribution in [3.05, 3.63) is 35.2 Å². The molecular formula is C11H5ClN4. The summed E-state index contributed by atoms with van der Waals surface area (Å²) >= 11 is 6.01. The number of halogens is 1. The van der Waals surface area contributed by atoms with Crippen LogP contribution in [-0.2, 0) is 0 Å². The number of H-pyrrole nitrogens is 1. The summed E-state index contributed by atoms with van der Waals surface area (Å²) < 4.78 is 0. The Bertz CT molecular complexity index is 739. The Balaban J connectivity index is 2.53. The van der Waals surface area contributed by atoms with Gasteiger partial charge in [-0.3, -0.25) is 0 Å². The van der Waals surface area contributed by atoms with Gasteiger partial charge in [-0.15, -0.1) is 0 Å².